The molecule has 2 heterocycles. The van der Waals surface area contributed by atoms with Crippen molar-refractivity contribution in [1.82, 2.24) is 9.88 Å². The molecule has 3 aliphatic rings. The lowest BCUT2D eigenvalue weighted by Crippen LogP contribution is -2.51. The number of fused-ring (bicyclic) bond motifs is 1. The predicted molar refractivity (Wildman–Crippen MR) is 79.3 cm³/mol. The van der Waals surface area contributed by atoms with Crippen molar-refractivity contribution in [3.63, 3.8) is 0 Å². The zero-order chi connectivity index (χ0) is 14.2. The second-order valence-corrected chi connectivity index (χ2v) is 6.26. The average molecular weight is 287 g/mol. The normalized spacial score (nSPS) is 28.3. The van der Waals surface area contributed by atoms with Gasteiger partial charge in [-0.25, -0.2) is 4.98 Å². The highest BCUT2D eigenvalue weighted by Crippen LogP contribution is 2.30. The molecule has 2 saturated carbocycles. The van der Waals surface area contributed by atoms with E-state index in [9.17, 15) is 4.79 Å². The molecule has 1 N–H and O–H groups in total. The smallest absolute Gasteiger partial charge is 0.255 e. The van der Waals surface area contributed by atoms with Crippen molar-refractivity contribution in [2.75, 3.05) is 18.5 Å². The average Bonchev–Trinajstić information content (AvgIpc) is 3.20. The monoisotopic (exact) mass is 287 g/mol. The summed E-state index contributed by atoms with van der Waals surface area (Å²) in [6.07, 6.45) is 7.68. The molecule has 2 aliphatic carbocycles. The number of carbonyl (C=O) groups is 1. The van der Waals surface area contributed by atoms with E-state index in [-0.39, 0.29) is 18.1 Å². The molecule has 5 nitrogen and oxygen atoms in total. The maximum absolute atomic E-state index is 12.7. The highest BCUT2D eigenvalue weighted by Gasteiger charge is 2.38. The van der Waals surface area contributed by atoms with E-state index < -0.39 is 0 Å². The first-order valence-electron chi connectivity index (χ1n) is 7.96. The number of ether oxygens (including phenoxy) is 1. The Morgan fingerprint density at radius 1 is 1.29 bits per heavy atom. The highest BCUT2D eigenvalue weighted by atomic mass is 16.5. The largest absolute Gasteiger partial charge is 0.374 e. The van der Waals surface area contributed by atoms with Gasteiger partial charge in [0.25, 0.3) is 5.91 Å². The van der Waals surface area contributed by atoms with E-state index in [1.165, 1.54) is 12.8 Å². The summed E-state index contributed by atoms with van der Waals surface area (Å²) in [5.74, 6) is 0.968. The number of hydrogen-bond acceptors (Lipinski definition) is 4. The van der Waals surface area contributed by atoms with Crippen molar-refractivity contribution in [2.24, 2.45) is 0 Å². The van der Waals surface area contributed by atoms with Crippen LogP contribution < -0.4 is 5.32 Å². The molecule has 1 saturated heterocycles. The van der Waals surface area contributed by atoms with Gasteiger partial charge in [0, 0.05) is 18.8 Å². The molecule has 2 atom stereocenters. The van der Waals surface area contributed by atoms with Crippen LogP contribution in [0.4, 0.5) is 5.82 Å². The van der Waals surface area contributed by atoms with Gasteiger partial charge in [0.1, 0.15) is 5.82 Å². The van der Waals surface area contributed by atoms with E-state index in [0.717, 1.165) is 25.1 Å². The minimum atomic E-state index is 0.0978. The summed E-state index contributed by atoms with van der Waals surface area (Å²) < 4.78 is 5.77. The number of pyridine rings is 1. The van der Waals surface area contributed by atoms with Gasteiger partial charge in [-0.15, -0.1) is 0 Å². The van der Waals surface area contributed by atoms with E-state index in [4.69, 9.17) is 4.74 Å². The highest BCUT2D eigenvalue weighted by molar-refractivity contribution is 5.94. The molecule has 21 heavy (non-hydrogen) atoms. The maximum Gasteiger partial charge on any atom is 0.255 e. The molecule has 112 valence electrons. The first-order valence-corrected chi connectivity index (χ1v) is 7.96. The molecule has 1 aliphatic heterocycles. The van der Waals surface area contributed by atoms with Gasteiger partial charge in [0.05, 0.1) is 24.3 Å². The molecule has 4 rings (SSSR count). The Morgan fingerprint density at radius 3 is 2.95 bits per heavy atom. The third kappa shape index (κ3) is 2.62. The molecule has 1 aromatic heterocycles. The number of hydrogen-bond donors (Lipinski definition) is 1. The quantitative estimate of drug-likeness (QED) is 0.924. The van der Waals surface area contributed by atoms with Gasteiger partial charge in [0.15, 0.2) is 0 Å². The number of carbonyl (C=O) groups excluding carboxylic acids is 1. The Bertz CT molecular complexity index is 527. The topological polar surface area (TPSA) is 54.5 Å². The summed E-state index contributed by atoms with van der Waals surface area (Å²) in [4.78, 5) is 19.1. The van der Waals surface area contributed by atoms with Crippen LogP contribution in [-0.2, 0) is 4.74 Å². The lowest BCUT2D eigenvalue weighted by atomic mass is 10.1. The van der Waals surface area contributed by atoms with Crippen LogP contribution in [0.25, 0.3) is 0 Å². The van der Waals surface area contributed by atoms with Crippen molar-refractivity contribution in [2.45, 2.75) is 50.3 Å². The van der Waals surface area contributed by atoms with Gasteiger partial charge in [-0.3, -0.25) is 4.79 Å². The fourth-order valence-electron chi connectivity index (χ4n) is 3.39. The number of morpholine rings is 1. The molecule has 5 heteroatoms. The van der Waals surface area contributed by atoms with Crippen LogP contribution in [0.3, 0.4) is 0 Å². The molecule has 0 aromatic carbocycles. The summed E-state index contributed by atoms with van der Waals surface area (Å²) >= 11 is 0. The van der Waals surface area contributed by atoms with E-state index in [1.807, 2.05) is 17.0 Å². The lowest BCUT2D eigenvalue weighted by Gasteiger charge is -2.37. The summed E-state index contributed by atoms with van der Waals surface area (Å²) in [5, 5.41) is 3.34. The predicted octanol–water partition coefficient (Wildman–Crippen LogP) is 2.05. The zero-order valence-corrected chi connectivity index (χ0v) is 12.1. The Balaban J connectivity index is 1.47. The Kier molecular flexibility index (Phi) is 3.30. The van der Waals surface area contributed by atoms with E-state index in [0.29, 0.717) is 24.8 Å². The molecule has 0 spiro atoms. The number of anilines is 1. The van der Waals surface area contributed by atoms with Crippen LogP contribution in [0.5, 0.6) is 0 Å². The zero-order valence-electron chi connectivity index (χ0n) is 12.1. The third-order valence-corrected chi connectivity index (χ3v) is 4.68. The molecule has 3 fully saturated rings. The van der Waals surface area contributed by atoms with E-state index >= 15 is 0 Å². The van der Waals surface area contributed by atoms with Crippen LogP contribution in [0, 0.1) is 0 Å². The van der Waals surface area contributed by atoms with Gasteiger partial charge in [-0.2, -0.15) is 0 Å². The van der Waals surface area contributed by atoms with Crippen LogP contribution in [-0.4, -0.2) is 47.1 Å². The van der Waals surface area contributed by atoms with E-state index in [2.05, 4.69) is 10.3 Å². The summed E-state index contributed by atoms with van der Waals surface area (Å²) in [6.45, 7) is 1.35. The second kappa shape index (κ2) is 5.30. The standard InChI is InChI=1S/C16H21N3O2/c20-16(19-8-9-21-14-3-1-2-13(14)19)11-4-7-15(17-10-11)18-12-5-6-12/h4,7,10,12-14H,1-3,5-6,8-9H2,(H,17,18)/t13-,14+/m1/s1. The van der Waals surface area contributed by atoms with Gasteiger partial charge >= 0.3 is 0 Å². The van der Waals surface area contributed by atoms with Crippen molar-refractivity contribution in [3.05, 3.63) is 23.9 Å². The minimum Gasteiger partial charge on any atom is -0.374 e. The summed E-state index contributed by atoms with van der Waals surface area (Å²) in [6, 6.07) is 4.64. The number of nitrogens with zero attached hydrogens (tertiary/aromatic N) is 2. The molecule has 1 amide bonds. The second-order valence-electron chi connectivity index (χ2n) is 6.26. The SMILES string of the molecule is O=C(c1ccc(NC2CC2)nc1)N1CCO[C@H]2CCC[C@H]21. The fourth-order valence-corrected chi connectivity index (χ4v) is 3.39. The van der Waals surface area contributed by atoms with Crippen molar-refractivity contribution in [1.29, 1.82) is 0 Å². The van der Waals surface area contributed by atoms with Gasteiger partial charge in [0.2, 0.25) is 0 Å². The molecular weight excluding hydrogens is 266 g/mol. The van der Waals surface area contributed by atoms with Crippen LogP contribution in [0.1, 0.15) is 42.5 Å². The van der Waals surface area contributed by atoms with Gasteiger partial charge < -0.3 is 15.0 Å². The van der Waals surface area contributed by atoms with Crippen molar-refractivity contribution < 1.29 is 9.53 Å². The van der Waals surface area contributed by atoms with Crippen molar-refractivity contribution in [3.8, 4) is 0 Å². The van der Waals surface area contributed by atoms with Crippen LogP contribution >= 0.6 is 0 Å². The molecule has 0 bridgehead atoms. The molecule has 0 radical (unpaired) electrons. The number of rotatable bonds is 3. The van der Waals surface area contributed by atoms with Crippen LogP contribution in [0.15, 0.2) is 18.3 Å². The Hall–Kier alpha value is -1.62. The fraction of sp³-hybridized carbons (Fsp3) is 0.625. The van der Waals surface area contributed by atoms with E-state index in [1.54, 1.807) is 6.20 Å². The first-order chi connectivity index (χ1) is 10.3. The maximum atomic E-state index is 12.7. The Labute approximate surface area is 124 Å². The van der Waals surface area contributed by atoms with Crippen molar-refractivity contribution >= 4 is 11.7 Å². The minimum absolute atomic E-state index is 0.0978. The number of amides is 1. The van der Waals surface area contributed by atoms with Gasteiger partial charge in [-0.1, -0.05) is 0 Å². The van der Waals surface area contributed by atoms with Gasteiger partial charge in [-0.05, 0) is 44.2 Å². The molecule has 0 unspecified atom stereocenters. The lowest BCUT2D eigenvalue weighted by molar-refractivity contribution is -0.0445. The third-order valence-electron chi connectivity index (χ3n) is 4.68. The molecule has 1 aromatic rings. The number of nitrogens with one attached hydrogen (secondary N) is 1. The van der Waals surface area contributed by atoms with Crippen LogP contribution in [0.2, 0.25) is 0 Å². The summed E-state index contributed by atoms with van der Waals surface area (Å²) in [5.41, 5.74) is 0.684. The Morgan fingerprint density at radius 2 is 2.19 bits per heavy atom. The first kappa shape index (κ1) is 13.1. The molecular formula is C16H21N3O2. The summed E-state index contributed by atoms with van der Waals surface area (Å²) in [7, 11) is 0. The number of aromatic nitrogens is 1.